The number of nitrogens with one attached hydrogen (secondary N) is 1. The van der Waals surface area contributed by atoms with E-state index in [1.807, 2.05) is 11.8 Å². The molecular formula is C16H27NOS. The molecule has 2 N–H and O–H groups in total. The van der Waals surface area contributed by atoms with Crippen LogP contribution < -0.4 is 5.32 Å². The molecule has 1 aromatic rings. The molecule has 0 spiro atoms. The molecule has 0 aromatic heterocycles. The maximum Gasteiger partial charge on any atom is 0.0431 e. The summed E-state index contributed by atoms with van der Waals surface area (Å²) < 4.78 is 0. The minimum atomic E-state index is 0.332. The predicted molar refractivity (Wildman–Crippen MR) is 84.7 cm³/mol. The maximum absolute atomic E-state index is 8.69. The molecule has 19 heavy (non-hydrogen) atoms. The van der Waals surface area contributed by atoms with E-state index in [9.17, 15) is 0 Å². The van der Waals surface area contributed by atoms with Crippen LogP contribution in [-0.4, -0.2) is 23.5 Å². The highest BCUT2D eigenvalue weighted by Gasteiger charge is 1.97. The molecule has 0 amide bonds. The number of rotatable bonds is 10. The van der Waals surface area contributed by atoms with E-state index in [4.69, 9.17) is 5.11 Å². The summed E-state index contributed by atoms with van der Waals surface area (Å²) in [5.41, 5.74) is 1.35. The topological polar surface area (TPSA) is 32.3 Å². The van der Waals surface area contributed by atoms with Crippen molar-refractivity contribution in [1.29, 1.82) is 0 Å². The largest absolute Gasteiger partial charge is 0.396 e. The minimum Gasteiger partial charge on any atom is -0.396 e. The van der Waals surface area contributed by atoms with Crippen molar-refractivity contribution in [1.82, 2.24) is 5.32 Å². The standard InChI is InChI=1S/C16H27NOS/c1-14(2)17-13-15-7-9-16(10-8-15)19-12-6-4-3-5-11-18/h7-10,14,17-18H,3-6,11-13H2,1-2H3. The van der Waals surface area contributed by atoms with Crippen LogP contribution in [0.15, 0.2) is 29.2 Å². The number of hydrogen-bond acceptors (Lipinski definition) is 3. The fraction of sp³-hybridized carbons (Fsp3) is 0.625. The van der Waals surface area contributed by atoms with Crippen LogP contribution in [0.2, 0.25) is 0 Å². The van der Waals surface area contributed by atoms with Gasteiger partial charge in [0.05, 0.1) is 0 Å². The van der Waals surface area contributed by atoms with Gasteiger partial charge >= 0.3 is 0 Å². The molecule has 0 aliphatic heterocycles. The van der Waals surface area contributed by atoms with Gasteiger partial charge in [-0.2, -0.15) is 0 Å². The molecule has 1 rings (SSSR count). The van der Waals surface area contributed by atoms with Gasteiger partial charge in [0.25, 0.3) is 0 Å². The Balaban J connectivity index is 2.17. The molecule has 3 heteroatoms. The van der Waals surface area contributed by atoms with E-state index in [-0.39, 0.29) is 0 Å². The lowest BCUT2D eigenvalue weighted by molar-refractivity contribution is 0.283. The van der Waals surface area contributed by atoms with Gasteiger partial charge in [-0.25, -0.2) is 0 Å². The first-order valence-electron chi connectivity index (χ1n) is 7.28. The van der Waals surface area contributed by atoms with Gasteiger partial charge in [0.1, 0.15) is 0 Å². The second-order valence-corrected chi connectivity index (χ2v) is 6.33. The third kappa shape index (κ3) is 8.30. The highest BCUT2D eigenvalue weighted by molar-refractivity contribution is 7.99. The first-order chi connectivity index (χ1) is 9.22. The summed E-state index contributed by atoms with van der Waals surface area (Å²) in [7, 11) is 0. The molecule has 2 nitrogen and oxygen atoms in total. The average Bonchev–Trinajstić information content (AvgIpc) is 2.41. The Morgan fingerprint density at radius 2 is 1.74 bits per heavy atom. The third-order valence-corrected chi connectivity index (χ3v) is 4.06. The number of aliphatic hydroxyl groups excluding tert-OH is 1. The van der Waals surface area contributed by atoms with Crippen molar-refractivity contribution < 1.29 is 5.11 Å². The molecule has 0 saturated carbocycles. The number of thioether (sulfide) groups is 1. The Labute approximate surface area is 122 Å². The van der Waals surface area contributed by atoms with Crippen LogP contribution in [0.1, 0.15) is 45.1 Å². The van der Waals surface area contributed by atoms with Crippen molar-refractivity contribution in [2.24, 2.45) is 0 Å². The van der Waals surface area contributed by atoms with Gasteiger partial charge in [-0.15, -0.1) is 11.8 Å². The molecule has 0 aliphatic carbocycles. The van der Waals surface area contributed by atoms with E-state index in [2.05, 4.69) is 43.4 Å². The molecule has 0 unspecified atom stereocenters. The van der Waals surface area contributed by atoms with Crippen molar-refractivity contribution >= 4 is 11.8 Å². The third-order valence-electron chi connectivity index (χ3n) is 2.96. The summed E-state index contributed by atoms with van der Waals surface area (Å²) in [6, 6.07) is 9.39. The molecule has 0 heterocycles. The van der Waals surface area contributed by atoms with Crippen LogP contribution >= 0.6 is 11.8 Å². The summed E-state index contributed by atoms with van der Waals surface area (Å²) in [4.78, 5) is 1.36. The molecule has 0 atom stereocenters. The number of aliphatic hydroxyl groups is 1. The second kappa shape index (κ2) is 10.3. The van der Waals surface area contributed by atoms with Gasteiger partial charge in [-0.3, -0.25) is 0 Å². The molecule has 0 bridgehead atoms. The van der Waals surface area contributed by atoms with Crippen LogP contribution in [0, 0.1) is 0 Å². The lowest BCUT2D eigenvalue weighted by Gasteiger charge is -2.08. The van der Waals surface area contributed by atoms with Crippen molar-refractivity contribution in [3.63, 3.8) is 0 Å². The molecule has 108 valence electrons. The van der Waals surface area contributed by atoms with Crippen LogP contribution in [-0.2, 0) is 6.54 Å². The van der Waals surface area contributed by atoms with E-state index in [1.165, 1.54) is 29.1 Å². The molecule has 0 radical (unpaired) electrons. The van der Waals surface area contributed by atoms with Crippen LogP contribution in [0.3, 0.4) is 0 Å². The smallest absolute Gasteiger partial charge is 0.0431 e. The fourth-order valence-corrected chi connectivity index (χ4v) is 2.70. The van der Waals surface area contributed by atoms with Gasteiger partial charge in [0.15, 0.2) is 0 Å². The summed E-state index contributed by atoms with van der Waals surface area (Å²) in [6.07, 6.45) is 4.56. The van der Waals surface area contributed by atoms with E-state index in [0.29, 0.717) is 12.6 Å². The van der Waals surface area contributed by atoms with Crippen LogP contribution in [0.5, 0.6) is 0 Å². The lowest BCUT2D eigenvalue weighted by Crippen LogP contribution is -2.21. The Morgan fingerprint density at radius 1 is 1.05 bits per heavy atom. The lowest BCUT2D eigenvalue weighted by atomic mass is 10.2. The Morgan fingerprint density at radius 3 is 2.37 bits per heavy atom. The van der Waals surface area contributed by atoms with Gasteiger partial charge < -0.3 is 10.4 Å². The van der Waals surface area contributed by atoms with Gasteiger partial charge in [-0.1, -0.05) is 38.8 Å². The zero-order chi connectivity index (χ0) is 13.9. The molecule has 0 fully saturated rings. The maximum atomic E-state index is 8.69. The summed E-state index contributed by atoms with van der Waals surface area (Å²) in [5.74, 6) is 1.18. The highest BCUT2D eigenvalue weighted by Crippen LogP contribution is 2.20. The first kappa shape index (κ1) is 16.5. The first-order valence-corrected chi connectivity index (χ1v) is 8.27. The molecule has 1 aromatic carbocycles. The predicted octanol–water partition coefficient (Wildman–Crippen LogP) is 3.83. The Hall–Kier alpha value is -0.510. The molecule has 0 aliphatic rings. The number of hydrogen-bond donors (Lipinski definition) is 2. The Kier molecular flexibility index (Phi) is 8.97. The van der Waals surface area contributed by atoms with Crippen molar-refractivity contribution in [2.45, 2.75) is 57.0 Å². The summed E-state index contributed by atoms with van der Waals surface area (Å²) in [5, 5.41) is 12.1. The van der Waals surface area contributed by atoms with Crippen molar-refractivity contribution in [3.8, 4) is 0 Å². The SMILES string of the molecule is CC(C)NCc1ccc(SCCCCCCO)cc1. The fourth-order valence-electron chi connectivity index (χ4n) is 1.78. The average molecular weight is 281 g/mol. The van der Waals surface area contributed by atoms with Gasteiger partial charge in [-0.05, 0) is 36.3 Å². The zero-order valence-corrected chi connectivity index (χ0v) is 13.0. The Bertz CT molecular complexity index is 324. The van der Waals surface area contributed by atoms with E-state index in [1.54, 1.807) is 0 Å². The molecule has 0 saturated heterocycles. The second-order valence-electron chi connectivity index (χ2n) is 5.17. The van der Waals surface area contributed by atoms with Crippen LogP contribution in [0.25, 0.3) is 0 Å². The number of unbranched alkanes of at least 4 members (excludes halogenated alkanes) is 3. The van der Waals surface area contributed by atoms with Gasteiger partial charge in [0, 0.05) is 24.1 Å². The zero-order valence-electron chi connectivity index (χ0n) is 12.2. The molecular weight excluding hydrogens is 254 g/mol. The summed E-state index contributed by atoms with van der Waals surface area (Å²) in [6.45, 7) is 5.62. The van der Waals surface area contributed by atoms with E-state index in [0.717, 1.165) is 19.4 Å². The minimum absolute atomic E-state index is 0.332. The summed E-state index contributed by atoms with van der Waals surface area (Å²) >= 11 is 1.93. The van der Waals surface area contributed by atoms with Crippen molar-refractivity contribution in [2.75, 3.05) is 12.4 Å². The monoisotopic (exact) mass is 281 g/mol. The van der Waals surface area contributed by atoms with Gasteiger partial charge in [0.2, 0.25) is 0 Å². The normalized spacial score (nSPS) is 11.2. The highest BCUT2D eigenvalue weighted by atomic mass is 32.2. The van der Waals surface area contributed by atoms with E-state index >= 15 is 0 Å². The van der Waals surface area contributed by atoms with Crippen molar-refractivity contribution in [3.05, 3.63) is 29.8 Å². The van der Waals surface area contributed by atoms with E-state index < -0.39 is 0 Å². The number of benzene rings is 1. The quantitative estimate of drug-likeness (QED) is 0.505. The van der Waals surface area contributed by atoms with Crippen LogP contribution in [0.4, 0.5) is 0 Å².